The number of carbonyl (C=O) groups is 2. The first-order chi connectivity index (χ1) is 12.9. The fourth-order valence-corrected chi connectivity index (χ4v) is 3.54. The van der Waals surface area contributed by atoms with Crippen LogP contribution in [-0.2, 0) is 4.74 Å². The molecule has 3 rings (SSSR count). The molecule has 142 valence electrons. The van der Waals surface area contributed by atoms with Crippen LogP contribution in [0.3, 0.4) is 0 Å². The van der Waals surface area contributed by atoms with E-state index in [0.29, 0.717) is 17.3 Å². The Labute approximate surface area is 160 Å². The maximum atomic E-state index is 12.6. The number of nitrogens with one attached hydrogen (secondary N) is 2. The van der Waals surface area contributed by atoms with Crippen molar-refractivity contribution in [3.8, 4) is 5.75 Å². The summed E-state index contributed by atoms with van der Waals surface area (Å²) in [6.45, 7) is 5.83. The molecule has 8 heteroatoms. The van der Waals surface area contributed by atoms with E-state index in [9.17, 15) is 9.59 Å². The number of aromatic nitrogens is 2. The van der Waals surface area contributed by atoms with Gasteiger partial charge in [-0.3, -0.25) is 4.79 Å². The summed E-state index contributed by atoms with van der Waals surface area (Å²) < 4.78 is 10.2. The van der Waals surface area contributed by atoms with Crippen LogP contribution in [0.1, 0.15) is 51.4 Å². The van der Waals surface area contributed by atoms with Gasteiger partial charge in [0.25, 0.3) is 5.91 Å². The van der Waals surface area contributed by atoms with Gasteiger partial charge in [-0.1, -0.05) is 0 Å². The summed E-state index contributed by atoms with van der Waals surface area (Å²) in [5, 5.41) is 6.14. The second-order valence-electron chi connectivity index (χ2n) is 6.08. The third-order valence-electron chi connectivity index (χ3n) is 4.12. The van der Waals surface area contributed by atoms with Gasteiger partial charge in [-0.25, -0.2) is 9.78 Å². The van der Waals surface area contributed by atoms with E-state index in [4.69, 9.17) is 9.47 Å². The van der Waals surface area contributed by atoms with Crippen molar-refractivity contribution >= 4 is 34.1 Å². The minimum Gasteiger partial charge on any atom is -0.497 e. The molecule has 1 aromatic carbocycles. The molecule has 0 aliphatic rings. The number of benzene rings is 1. The number of H-pyrrole nitrogens is 1. The number of carbonyl (C=O) groups excluding carboxylic acids is 2. The quantitative estimate of drug-likeness (QED) is 0.630. The van der Waals surface area contributed by atoms with Gasteiger partial charge in [0, 0.05) is 22.3 Å². The Morgan fingerprint density at radius 1 is 1.33 bits per heavy atom. The largest absolute Gasteiger partial charge is 0.497 e. The Kier molecular flexibility index (Phi) is 5.46. The Bertz CT molecular complexity index is 992. The lowest BCUT2D eigenvalue weighted by Crippen LogP contribution is -2.26. The molecule has 2 N–H and O–H groups in total. The van der Waals surface area contributed by atoms with Gasteiger partial charge < -0.3 is 19.8 Å². The summed E-state index contributed by atoms with van der Waals surface area (Å²) in [5.74, 6) is 0.0278. The first-order valence-corrected chi connectivity index (χ1v) is 9.41. The van der Waals surface area contributed by atoms with Crippen LogP contribution >= 0.6 is 11.3 Å². The van der Waals surface area contributed by atoms with Gasteiger partial charge in [-0.05, 0) is 38.5 Å². The van der Waals surface area contributed by atoms with Crippen molar-refractivity contribution in [3.05, 3.63) is 45.5 Å². The van der Waals surface area contributed by atoms with Crippen molar-refractivity contribution in [1.29, 1.82) is 0 Å². The number of hydrogen-bond donors (Lipinski definition) is 2. The number of aromatic amines is 1. The highest BCUT2D eigenvalue weighted by Crippen LogP contribution is 2.26. The number of aryl methyl sites for hydroxylation is 1. The summed E-state index contributed by atoms with van der Waals surface area (Å²) >= 11 is 1.31. The molecule has 0 aliphatic heterocycles. The molecule has 1 atom stereocenters. The fraction of sp³-hybridized carbons (Fsp3) is 0.316. The summed E-state index contributed by atoms with van der Waals surface area (Å²) in [4.78, 5) is 31.7. The van der Waals surface area contributed by atoms with Gasteiger partial charge in [0.2, 0.25) is 0 Å². The number of hydrogen-bond acceptors (Lipinski definition) is 6. The molecule has 27 heavy (non-hydrogen) atoms. The number of nitrogens with zero attached hydrogens (tertiary/aromatic N) is 1. The summed E-state index contributed by atoms with van der Waals surface area (Å²) in [6.07, 6.45) is 0. The van der Waals surface area contributed by atoms with Crippen molar-refractivity contribution in [2.24, 2.45) is 0 Å². The monoisotopic (exact) mass is 387 g/mol. The van der Waals surface area contributed by atoms with Gasteiger partial charge in [-0.15, -0.1) is 11.3 Å². The lowest BCUT2D eigenvalue weighted by atomic mass is 10.1. The van der Waals surface area contributed by atoms with E-state index in [-0.39, 0.29) is 17.6 Å². The Balaban J connectivity index is 1.76. The number of rotatable bonds is 6. The second-order valence-corrected chi connectivity index (χ2v) is 6.96. The predicted octanol–water partition coefficient (Wildman–Crippen LogP) is 3.61. The zero-order valence-electron chi connectivity index (χ0n) is 15.6. The molecule has 1 amide bonds. The molecule has 0 fully saturated rings. The maximum absolute atomic E-state index is 12.6. The number of amides is 1. The highest BCUT2D eigenvalue weighted by atomic mass is 32.1. The van der Waals surface area contributed by atoms with E-state index in [0.717, 1.165) is 22.2 Å². The minimum absolute atomic E-state index is 0.245. The van der Waals surface area contributed by atoms with Gasteiger partial charge in [0.15, 0.2) is 5.69 Å². The standard InChI is InChI=1S/C19H21N3O4S/c1-5-26-19(24)16-9-27-18(22-16)11(3)20-17(23)15-8-13-10(2)6-12(25-4)7-14(13)21-15/h6-9,11,21H,5H2,1-4H3,(H,20,23). The Hall–Kier alpha value is -2.87. The second kappa shape index (κ2) is 7.79. The maximum Gasteiger partial charge on any atom is 0.357 e. The van der Waals surface area contributed by atoms with E-state index < -0.39 is 5.97 Å². The SMILES string of the molecule is CCOC(=O)c1csc(C(C)NC(=O)c2cc3c(C)cc(OC)cc3[nH]2)n1. The van der Waals surface area contributed by atoms with Gasteiger partial charge in [-0.2, -0.15) is 0 Å². The van der Waals surface area contributed by atoms with Crippen LogP contribution in [0.15, 0.2) is 23.6 Å². The molecule has 7 nitrogen and oxygen atoms in total. The molecule has 0 bridgehead atoms. The highest BCUT2D eigenvalue weighted by molar-refractivity contribution is 7.09. The Morgan fingerprint density at radius 2 is 2.11 bits per heavy atom. The van der Waals surface area contributed by atoms with E-state index in [2.05, 4.69) is 15.3 Å². The predicted molar refractivity (Wildman–Crippen MR) is 104 cm³/mol. The van der Waals surface area contributed by atoms with Crippen molar-refractivity contribution < 1.29 is 19.1 Å². The zero-order chi connectivity index (χ0) is 19.6. The topological polar surface area (TPSA) is 93.3 Å². The number of fused-ring (bicyclic) bond motifs is 1. The first kappa shape index (κ1) is 18.9. The average Bonchev–Trinajstić information content (AvgIpc) is 3.29. The normalized spacial score (nSPS) is 12.0. The molecule has 0 saturated carbocycles. The number of esters is 1. The lowest BCUT2D eigenvalue weighted by Gasteiger charge is -2.10. The molecular formula is C19H21N3O4S. The molecular weight excluding hydrogens is 366 g/mol. The van der Waals surface area contributed by atoms with Crippen molar-refractivity contribution in [1.82, 2.24) is 15.3 Å². The van der Waals surface area contributed by atoms with Crippen molar-refractivity contribution in [2.75, 3.05) is 13.7 Å². The van der Waals surface area contributed by atoms with E-state index in [1.807, 2.05) is 32.0 Å². The van der Waals surface area contributed by atoms with Crippen LogP contribution in [-0.4, -0.2) is 35.6 Å². The van der Waals surface area contributed by atoms with Crippen molar-refractivity contribution in [2.45, 2.75) is 26.8 Å². The third kappa shape index (κ3) is 3.95. The number of methoxy groups -OCH3 is 1. The molecule has 0 aliphatic carbocycles. The average molecular weight is 387 g/mol. The van der Waals surface area contributed by atoms with Crippen LogP contribution in [0.2, 0.25) is 0 Å². The smallest absolute Gasteiger partial charge is 0.357 e. The molecule has 0 radical (unpaired) electrons. The van der Waals surface area contributed by atoms with Gasteiger partial charge in [0.1, 0.15) is 16.5 Å². The molecule has 1 unspecified atom stereocenters. The van der Waals surface area contributed by atoms with Crippen LogP contribution in [0.4, 0.5) is 0 Å². The zero-order valence-corrected chi connectivity index (χ0v) is 16.4. The number of ether oxygens (including phenoxy) is 2. The fourth-order valence-electron chi connectivity index (χ4n) is 2.75. The van der Waals surface area contributed by atoms with E-state index in [1.54, 1.807) is 19.4 Å². The van der Waals surface area contributed by atoms with Crippen LogP contribution in [0.5, 0.6) is 5.75 Å². The highest BCUT2D eigenvalue weighted by Gasteiger charge is 2.19. The van der Waals surface area contributed by atoms with Gasteiger partial charge >= 0.3 is 5.97 Å². The number of thiazole rings is 1. The minimum atomic E-state index is -0.460. The molecule has 0 spiro atoms. The van der Waals surface area contributed by atoms with Gasteiger partial charge in [0.05, 0.1) is 19.8 Å². The molecule has 0 saturated heterocycles. The molecule has 2 heterocycles. The lowest BCUT2D eigenvalue weighted by molar-refractivity contribution is 0.0520. The molecule has 3 aromatic rings. The summed E-state index contributed by atoms with van der Waals surface area (Å²) in [7, 11) is 1.61. The molecule has 2 aromatic heterocycles. The third-order valence-corrected chi connectivity index (χ3v) is 5.15. The van der Waals surface area contributed by atoms with E-state index in [1.165, 1.54) is 11.3 Å². The van der Waals surface area contributed by atoms with Crippen LogP contribution in [0, 0.1) is 6.92 Å². The van der Waals surface area contributed by atoms with E-state index >= 15 is 0 Å². The summed E-state index contributed by atoms with van der Waals surface area (Å²) in [6, 6.07) is 5.26. The van der Waals surface area contributed by atoms with Crippen LogP contribution < -0.4 is 10.1 Å². The van der Waals surface area contributed by atoms with Crippen LogP contribution in [0.25, 0.3) is 10.9 Å². The Morgan fingerprint density at radius 3 is 2.81 bits per heavy atom. The van der Waals surface area contributed by atoms with Crippen molar-refractivity contribution in [3.63, 3.8) is 0 Å². The first-order valence-electron chi connectivity index (χ1n) is 8.53. The summed E-state index contributed by atoms with van der Waals surface area (Å²) in [5.41, 5.74) is 2.57.